The van der Waals surface area contributed by atoms with Crippen molar-refractivity contribution in [2.75, 3.05) is 0 Å². The molecular weight excluding hydrogens is 184 g/mol. The molecule has 0 saturated heterocycles. The van der Waals surface area contributed by atoms with Crippen LogP contribution >= 0.6 is 0 Å². The van der Waals surface area contributed by atoms with Gasteiger partial charge in [-0.3, -0.25) is 0 Å². The van der Waals surface area contributed by atoms with E-state index in [2.05, 4.69) is 0 Å². The first-order valence-corrected chi connectivity index (χ1v) is 3.72. The van der Waals surface area contributed by atoms with Gasteiger partial charge >= 0.3 is 6.18 Å². The Hall–Kier alpha value is -1.06. The van der Waals surface area contributed by atoms with Gasteiger partial charge in [0.1, 0.15) is 5.83 Å². The van der Waals surface area contributed by atoms with Crippen LogP contribution in [0, 0.1) is 0 Å². The molecule has 0 fully saturated rings. The van der Waals surface area contributed by atoms with Gasteiger partial charge in [0.05, 0.1) is 5.57 Å². The van der Waals surface area contributed by atoms with Crippen LogP contribution in [0.15, 0.2) is 35.2 Å². The summed E-state index contributed by atoms with van der Waals surface area (Å²) >= 11 is 0. The fourth-order valence-corrected chi connectivity index (χ4v) is 1.03. The topological polar surface area (TPSA) is 0 Å². The van der Waals surface area contributed by atoms with Crippen molar-refractivity contribution in [3.8, 4) is 0 Å². The second-order valence-electron chi connectivity index (χ2n) is 2.86. The lowest BCUT2D eigenvalue weighted by atomic mass is 10.2. The summed E-state index contributed by atoms with van der Waals surface area (Å²) in [5, 5.41) is 0. The molecule has 0 aromatic carbocycles. The van der Waals surface area contributed by atoms with Gasteiger partial charge in [-0.15, -0.1) is 0 Å². The van der Waals surface area contributed by atoms with Gasteiger partial charge in [0.15, 0.2) is 0 Å². The van der Waals surface area contributed by atoms with E-state index in [1.807, 2.05) is 0 Å². The summed E-state index contributed by atoms with van der Waals surface area (Å²) in [5.41, 5.74) is -0.627. The van der Waals surface area contributed by atoms with Crippen molar-refractivity contribution in [2.45, 2.75) is 19.5 Å². The minimum atomic E-state index is -4.61. The Kier molecular flexibility index (Phi) is 2.59. The van der Waals surface area contributed by atoms with Crippen molar-refractivity contribution in [1.29, 1.82) is 0 Å². The van der Waals surface area contributed by atoms with Gasteiger partial charge in [-0.1, -0.05) is 17.7 Å². The lowest BCUT2D eigenvalue weighted by molar-refractivity contribution is -0.0897. The zero-order valence-corrected chi connectivity index (χ0v) is 6.95. The first-order valence-electron chi connectivity index (χ1n) is 3.72. The Labute approximate surface area is 73.2 Å². The highest BCUT2D eigenvalue weighted by Gasteiger charge is 2.35. The smallest absolute Gasteiger partial charge is 0.206 e. The van der Waals surface area contributed by atoms with Gasteiger partial charge in [0.2, 0.25) is 0 Å². The van der Waals surface area contributed by atoms with E-state index in [9.17, 15) is 17.6 Å². The molecule has 0 aliphatic heterocycles. The number of rotatable bonds is 0. The van der Waals surface area contributed by atoms with E-state index >= 15 is 0 Å². The maximum absolute atomic E-state index is 12.9. The van der Waals surface area contributed by atoms with Crippen molar-refractivity contribution in [2.24, 2.45) is 0 Å². The van der Waals surface area contributed by atoms with Crippen molar-refractivity contribution in [1.82, 2.24) is 0 Å². The largest absolute Gasteiger partial charge is 0.419 e. The van der Waals surface area contributed by atoms with Crippen LogP contribution in [0.1, 0.15) is 13.3 Å². The van der Waals surface area contributed by atoms with Gasteiger partial charge < -0.3 is 0 Å². The maximum Gasteiger partial charge on any atom is 0.419 e. The molecule has 0 amide bonds. The number of allylic oxidation sites excluding steroid dienone is 6. The summed E-state index contributed by atoms with van der Waals surface area (Å²) < 4.78 is 49.2. The van der Waals surface area contributed by atoms with Crippen molar-refractivity contribution in [3.63, 3.8) is 0 Å². The minimum absolute atomic E-state index is 0.354. The van der Waals surface area contributed by atoms with Crippen LogP contribution in [0.4, 0.5) is 17.6 Å². The molecule has 0 spiro atoms. The molecule has 13 heavy (non-hydrogen) atoms. The summed E-state index contributed by atoms with van der Waals surface area (Å²) in [6, 6.07) is 0. The van der Waals surface area contributed by atoms with Crippen LogP contribution in [-0.4, -0.2) is 6.18 Å². The first-order chi connectivity index (χ1) is 5.91. The summed E-state index contributed by atoms with van der Waals surface area (Å²) in [6.07, 6.45) is -1.25. The predicted octanol–water partition coefficient (Wildman–Crippen LogP) is 3.68. The lowest BCUT2D eigenvalue weighted by Gasteiger charge is -2.06. The van der Waals surface area contributed by atoms with Crippen molar-refractivity contribution >= 4 is 0 Å². The molecule has 1 aliphatic rings. The zero-order chi connectivity index (χ0) is 10.1. The average Bonchev–Trinajstić information content (AvgIpc) is 2.08. The second-order valence-corrected chi connectivity index (χ2v) is 2.86. The van der Waals surface area contributed by atoms with E-state index in [1.165, 1.54) is 6.08 Å². The molecule has 0 radical (unpaired) electrons. The fourth-order valence-electron chi connectivity index (χ4n) is 1.03. The van der Waals surface area contributed by atoms with Gasteiger partial charge in [0.25, 0.3) is 0 Å². The molecule has 0 bridgehead atoms. The van der Waals surface area contributed by atoms with Crippen LogP contribution in [-0.2, 0) is 0 Å². The molecule has 72 valence electrons. The summed E-state index contributed by atoms with van der Waals surface area (Å²) in [4.78, 5) is 0. The number of hydrogen-bond donors (Lipinski definition) is 0. The SMILES string of the molecule is CC1=CC(F)=C(C(F)(F)F)C=CC1. The highest BCUT2D eigenvalue weighted by molar-refractivity contribution is 5.37. The first kappa shape index (κ1) is 10.0. The standard InChI is InChI=1S/C9H8F4/c1-6-3-2-4-7(8(10)5-6)9(11,12)13/h2,4-5H,3H2,1H3. The third kappa shape index (κ3) is 2.44. The number of alkyl halides is 3. The van der Waals surface area contributed by atoms with Crippen molar-refractivity contribution in [3.05, 3.63) is 35.2 Å². The molecule has 0 aromatic rings. The Bertz CT molecular complexity index is 291. The molecule has 0 heterocycles. The van der Waals surface area contributed by atoms with Gasteiger partial charge in [-0.2, -0.15) is 13.2 Å². The molecular formula is C9H8F4. The number of halogens is 4. The molecule has 0 nitrogen and oxygen atoms in total. The Morgan fingerprint density at radius 1 is 1.31 bits per heavy atom. The van der Waals surface area contributed by atoms with Gasteiger partial charge in [-0.25, -0.2) is 4.39 Å². The predicted molar refractivity (Wildman–Crippen MR) is 41.7 cm³/mol. The van der Waals surface area contributed by atoms with Crippen molar-refractivity contribution < 1.29 is 17.6 Å². The minimum Gasteiger partial charge on any atom is -0.206 e. The highest BCUT2D eigenvalue weighted by atomic mass is 19.4. The third-order valence-electron chi connectivity index (χ3n) is 1.66. The lowest BCUT2D eigenvalue weighted by Crippen LogP contribution is -2.10. The summed E-state index contributed by atoms with van der Waals surface area (Å²) in [5.74, 6) is -1.21. The van der Waals surface area contributed by atoms with Crippen LogP contribution < -0.4 is 0 Å². The normalized spacial score (nSPS) is 18.7. The Morgan fingerprint density at radius 3 is 2.46 bits per heavy atom. The molecule has 0 saturated carbocycles. The highest BCUT2D eigenvalue weighted by Crippen LogP contribution is 2.32. The van der Waals surface area contributed by atoms with Gasteiger partial charge in [-0.05, 0) is 19.4 Å². The van der Waals surface area contributed by atoms with Crippen LogP contribution in [0.3, 0.4) is 0 Å². The zero-order valence-electron chi connectivity index (χ0n) is 6.95. The quantitative estimate of drug-likeness (QED) is 0.513. The number of hydrogen-bond acceptors (Lipinski definition) is 0. The van der Waals surface area contributed by atoms with Crippen LogP contribution in [0.5, 0.6) is 0 Å². The molecule has 4 heteroatoms. The molecule has 0 aromatic heterocycles. The van der Waals surface area contributed by atoms with E-state index in [4.69, 9.17) is 0 Å². The molecule has 1 rings (SSSR count). The fraction of sp³-hybridized carbons (Fsp3) is 0.333. The van der Waals surface area contributed by atoms with E-state index < -0.39 is 17.6 Å². The van der Waals surface area contributed by atoms with Crippen LogP contribution in [0.25, 0.3) is 0 Å². The summed E-state index contributed by atoms with van der Waals surface area (Å²) in [7, 11) is 0. The van der Waals surface area contributed by atoms with E-state index in [0.717, 1.165) is 12.2 Å². The Balaban J connectivity index is 3.14. The summed E-state index contributed by atoms with van der Waals surface area (Å²) in [6.45, 7) is 1.59. The monoisotopic (exact) mass is 192 g/mol. The molecule has 1 aliphatic carbocycles. The molecule has 0 N–H and O–H groups in total. The van der Waals surface area contributed by atoms with Crippen LogP contribution in [0.2, 0.25) is 0 Å². The third-order valence-corrected chi connectivity index (χ3v) is 1.66. The van der Waals surface area contributed by atoms with E-state index in [-0.39, 0.29) is 0 Å². The Morgan fingerprint density at radius 2 is 1.92 bits per heavy atom. The maximum atomic E-state index is 12.9. The molecule has 0 atom stereocenters. The van der Waals surface area contributed by atoms with E-state index in [1.54, 1.807) is 6.92 Å². The van der Waals surface area contributed by atoms with Gasteiger partial charge in [0, 0.05) is 0 Å². The molecule has 0 unspecified atom stereocenters. The average molecular weight is 192 g/mol. The van der Waals surface area contributed by atoms with E-state index in [0.29, 0.717) is 12.0 Å². The second kappa shape index (κ2) is 3.36.